The Bertz CT molecular complexity index is 1040. The molecule has 0 spiro atoms. The Kier molecular flexibility index (Phi) is 6.24. The number of fused-ring (bicyclic) bond motifs is 4. The van der Waals surface area contributed by atoms with Crippen LogP contribution in [0.25, 0.3) is 5.57 Å². The Morgan fingerprint density at radius 3 is 2.34 bits per heavy atom. The molecule has 5 rings (SSSR count). The summed E-state index contributed by atoms with van der Waals surface area (Å²) in [5.74, 6) is 3.11. The van der Waals surface area contributed by atoms with Crippen LogP contribution < -0.4 is 4.74 Å². The molecular weight excluding hydrogens is 442 g/mol. The molecular formula is C32H49NOSi. The molecule has 0 radical (unpaired) electrons. The third kappa shape index (κ3) is 4.00. The number of ether oxygens (including phenoxy) is 1. The Morgan fingerprint density at radius 2 is 1.71 bits per heavy atom. The molecule has 0 aromatic heterocycles. The molecule has 1 aromatic carbocycles. The predicted molar refractivity (Wildman–Crippen MR) is 153 cm³/mol. The zero-order chi connectivity index (χ0) is 25.3. The average Bonchev–Trinajstić information content (AvgIpc) is 3.22. The molecule has 35 heavy (non-hydrogen) atoms. The van der Waals surface area contributed by atoms with Gasteiger partial charge in [0.2, 0.25) is 0 Å². The molecule has 2 nitrogen and oxygen atoms in total. The van der Waals surface area contributed by atoms with Gasteiger partial charge in [0.25, 0.3) is 0 Å². The van der Waals surface area contributed by atoms with Crippen LogP contribution in [0.2, 0.25) is 18.6 Å². The van der Waals surface area contributed by atoms with E-state index in [-0.39, 0.29) is 11.0 Å². The maximum absolute atomic E-state index is 5.61. The highest BCUT2D eigenvalue weighted by molar-refractivity contribution is 6.76. The van der Waals surface area contributed by atoms with Crippen LogP contribution in [0, 0.1) is 17.8 Å². The monoisotopic (exact) mass is 491 g/mol. The molecule has 2 saturated carbocycles. The number of rotatable bonds is 4. The lowest BCUT2D eigenvalue weighted by Crippen LogP contribution is -2.65. The van der Waals surface area contributed by atoms with E-state index in [1.807, 2.05) is 0 Å². The Labute approximate surface area is 216 Å². The Morgan fingerprint density at radius 1 is 1.03 bits per heavy atom. The highest BCUT2D eigenvalue weighted by Crippen LogP contribution is 2.61. The molecule has 4 unspecified atom stereocenters. The summed E-state index contributed by atoms with van der Waals surface area (Å²) in [4.78, 5) is 0. The summed E-state index contributed by atoms with van der Waals surface area (Å²) in [6, 6.07) is 7.52. The van der Waals surface area contributed by atoms with Crippen molar-refractivity contribution >= 4 is 13.8 Å². The molecule has 4 aliphatic carbocycles. The normalized spacial score (nSPS) is 30.5. The van der Waals surface area contributed by atoms with Gasteiger partial charge >= 0.3 is 0 Å². The fourth-order valence-electron chi connectivity index (χ4n) is 9.25. The van der Waals surface area contributed by atoms with Crippen molar-refractivity contribution in [1.82, 2.24) is 4.57 Å². The second-order valence-electron chi connectivity index (χ2n) is 14.2. The van der Waals surface area contributed by atoms with Crippen molar-refractivity contribution in [1.29, 1.82) is 0 Å². The van der Waals surface area contributed by atoms with Gasteiger partial charge < -0.3 is 9.30 Å². The van der Waals surface area contributed by atoms with Crippen LogP contribution in [-0.2, 0) is 5.41 Å². The van der Waals surface area contributed by atoms with E-state index in [2.05, 4.69) is 89.6 Å². The van der Waals surface area contributed by atoms with Gasteiger partial charge in [-0.2, -0.15) is 0 Å². The van der Waals surface area contributed by atoms with Crippen molar-refractivity contribution in [2.75, 3.05) is 7.11 Å². The van der Waals surface area contributed by atoms with E-state index in [1.54, 1.807) is 12.7 Å². The summed E-state index contributed by atoms with van der Waals surface area (Å²) >= 11 is 0. The summed E-state index contributed by atoms with van der Waals surface area (Å²) in [5, 5.41) is 0. The number of allylic oxidation sites excluding steroid dienone is 4. The smallest absolute Gasteiger partial charge is 0.127 e. The van der Waals surface area contributed by atoms with E-state index >= 15 is 0 Å². The molecule has 2 fully saturated rings. The molecule has 0 aliphatic heterocycles. The third-order valence-electron chi connectivity index (χ3n) is 10.2. The molecule has 3 heteroatoms. The first-order valence-electron chi connectivity index (χ1n) is 14.3. The first kappa shape index (κ1) is 25.3. The largest absolute Gasteiger partial charge is 0.497 e. The number of hydrogen-bond donors (Lipinski definition) is 0. The zero-order valence-electron chi connectivity index (χ0n) is 23.9. The second-order valence-corrected chi connectivity index (χ2v) is 18.6. The van der Waals surface area contributed by atoms with E-state index in [4.69, 9.17) is 4.74 Å². The Balaban J connectivity index is 1.55. The van der Waals surface area contributed by atoms with Crippen LogP contribution in [0.1, 0.15) is 91.2 Å². The molecule has 0 bridgehead atoms. The zero-order valence-corrected chi connectivity index (χ0v) is 24.9. The van der Waals surface area contributed by atoms with E-state index < -0.39 is 8.24 Å². The summed E-state index contributed by atoms with van der Waals surface area (Å²) in [6.45, 7) is 20.4. The standard InChI is InChI=1S/C32H49NOSi/c1-21-17-22-18-27-25-16-15-24(34-7)19-28(25)32(5,6)29(27)20-26(22)30(21)35(8,9)33(31(2,3)4)23-13-11-10-12-14-23/h15-16,18-23,26,30H,10-14,17H2,1-9H3. The topological polar surface area (TPSA) is 12.5 Å². The van der Waals surface area contributed by atoms with Crippen molar-refractivity contribution in [3.8, 4) is 5.75 Å². The van der Waals surface area contributed by atoms with Crippen molar-refractivity contribution in [2.24, 2.45) is 17.8 Å². The van der Waals surface area contributed by atoms with E-state index in [0.717, 1.165) is 23.3 Å². The molecule has 0 saturated heterocycles. The average molecular weight is 492 g/mol. The minimum Gasteiger partial charge on any atom is -0.497 e. The van der Waals surface area contributed by atoms with Gasteiger partial charge in [-0.25, -0.2) is 0 Å². The van der Waals surface area contributed by atoms with Crippen molar-refractivity contribution in [3.63, 3.8) is 0 Å². The highest BCUT2D eigenvalue weighted by atomic mass is 28.3. The predicted octanol–water partition coefficient (Wildman–Crippen LogP) is 8.59. The van der Waals surface area contributed by atoms with Crippen LogP contribution in [-0.4, -0.2) is 31.5 Å². The van der Waals surface area contributed by atoms with Gasteiger partial charge in [-0.3, -0.25) is 0 Å². The van der Waals surface area contributed by atoms with Gasteiger partial charge in [0, 0.05) is 17.0 Å². The van der Waals surface area contributed by atoms with Crippen LogP contribution in [0.5, 0.6) is 5.75 Å². The van der Waals surface area contributed by atoms with E-state index in [0.29, 0.717) is 11.8 Å². The van der Waals surface area contributed by atoms with E-state index in [9.17, 15) is 0 Å². The molecule has 1 aromatic rings. The van der Waals surface area contributed by atoms with Gasteiger partial charge in [0.1, 0.15) is 14.0 Å². The van der Waals surface area contributed by atoms with Crippen molar-refractivity contribution in [2.45, 2.75) is 116 Å². The minimum absolute atomic E-state index is 0.0375. The summed E-state index contributed by atoms with van der Waals surface area (Å²) in [7, 11) is 0.0442. The first-order valence-corrected chi connectivity index (χ1v) is 17.3. The SMILES string of the molecule is COc1ccc2c(c1)C(C)(C)C1=CC3C(C=C12)CC(C)C3[Si](C)(C)N(C1CCCCC1)C(C)(C)C. The number of hydrogen-bond acceptors (Lipinski definition) is 2. The van der Waals surface area contributed by atoms with Gasteiger partial charge in [0.05, 0.1) is 7.11 Å². The lowest BCUT2D eigenvalue weighted by atomic mass is 9.76. The van der Waals surface area contributed by atoms with Crippen LogP contribution in [0.3, 0.4) is 0 Å². The lowest BCUT2D eigenvalue weighted by molar-refractivity contribution is 0.139. The lowest BCUT2D eigenvalue weighted by Gasteiger charge is -2.56. The van der Waals surface area contributed by atoms with Gasteiger partial charge in [-0.15, -0.1) is 0 Å². The number of nitrogens with zero attached hydrogens (tertiary/aromatic N) is 1. The first-order chi connectivity index (χ1) is 16.4. The summed E-state index contributed by atoms with van der Waals surface area (Å²) in [5.41, 5.74) is 7.04. The quantitative estimate of drug-likeness (QED) is 0.391. The number of benzene rings is 1. The van der Waals surface area contributed by atoms with Crippen LogP contribution in [0.4, 0.5) is 0 Å². The van der Waals surface area contributed by atoms with Crippen LogP contribution in [0.15, 0.2) is 35.9 Å². The fraction of sp³-hybridized carbons (Fsp3) is 0.688. The maximum atomic E-state index is 5.61. The maximum Gasteiger partial charge on any atom is 0.127 e. The summed E-state index contributed by atoms with van der Waals surface area (Å²) in [6.07, 6.45) is 13.9. The van der Waals surface area contributed by atoms with E-state index in [1.165, 1.54) is 55.2 Å². The molecule has 0 heterocycles. The molecule has 0 N–H and O–H groups in total. The van der Waals surface area contributed by atoms with Gasteiger partial charge in [-0.1, -0.05) is 71.3 Å². The highest BCUT2D eigenvalue weighted by Gasteiger charge is 2.55. The second kappa shape index (κ2) is 8.62. The third-order valence-corrected chi connectivity index (χ3v) is 15.0. The molecule has 4 aliphatic rings. The summed E-state index contributed by atoms with van der Waals surface area (Å²) < 4.78 is 8.72. The van der Waals surface area contributed by atoms with Gasteiger partial charge in [0.15, 0.2) is 0 Å². The Hall–Kier alpha value is -1.32. The van der Waals surface area contributed by atoms with Crippen molar-refractivity contribution in [3.05, 3.63) is 47.1 Å². The minimum atomic E-state index is -1.74. The van der Waals surface area contributed by atoms with Gasteiger partial charge in [-0.05, 0) is 97.7 Å². The van der Waals surface area contributed by atoms with Crippen molar-refractivity contribution < 1.29 is 4.74 Å². The number of methoxy groups -OCH3 is 1. The van der Waals surface area contributed by atoms with Crippen LogP contribution >= 0.6 is 0 Å². The molecule has 0 amide bonds. The molecule has 4 atom stereocenters. The fourth-order valence-corrected chi connectivity index (χ4v) is 15.3. The molecule has 192 valence electrons.